The van der Waals surface area contributed by atoms with Crippen LogP contribution in [-0.2, 0) is 0 Å². The largest absolute Gasteiger partial charge is 0.0654 e. The Labute approximate surface area is 111 Å². The van der Waals surface area contributed by atoms with E-state index in [-0.39, 0.29) is 0 Å². The molecule has 0 heteroatoms. The van der Waals surface area contributed by atoms with Gasteiger partial charge in [0.15, 0.2) is 0 Å². The van der Waals surface area contributed by atoms with Gasteiger partial charge in [-0.25, -0.2) is 0 Å². The fraction of sp³-hybridized carbons (Fsp3) is 1.00. The van der Waals surface area contributed by atoms with Crippen LogP contribution in [0.15, 0.2) is 0 Å². The molecule has 0 fully saturated rings. The summed E-state index contributed by atoms with van der Waals surface area (Å²) in [6.07, 6.45) is 12.7. The van der Waals surface area contributed by atoms with Crippen LogP contribution in [0.25, 0.3) is 0 Å². The van der Waals surface area contributed by atoms with Crippen molar-refractivity contribution in [3.63, 3.8) is 0 Å². The molecule has 0 aromatic rings. The number of unbranched alkanes of at least 4 members (excludes halogenated alkanes) is 1. The second-order valence-corrected chi connectivity index (χ2v) is 5.97. The molecule has 17 heavy (non-hydrogen) atoms. The quantitative estimate of drug-likeness (QED) is 0.389. The van der Waals surface area contributed by atoms with Crippen molar-refractivity contribution in [1.82, 2.24) is 0 Å². The van der Waals surface area contributed by atoms with Gasteiger partial charge in [0, 0.05) is 0 Å². The fourth-order valence-corrected chi connectivity index (χ4v) is 3.26. The molecule has 0 amide bonds. The smallest absolute Gasteiger partial charge is 0.0391 e. The van der Waals surface area contributed by atoms with Crippen molar-refractivity contribution in [1.29, 1.82) is 0 Å². The van der Waals surface area contributed by atoms with Crippen LogP contribution in [0.5, 0.6) is 0 Å². The van der Waals surface area contributed by atoms with E-state index < -0.39 is 0 Å². The average molecular weight is 240 g/mol. The summed E-state index contributed by atoms with van der Waals surface area (Å²) in [6, 6.07) is 0. The highest BCUT2D eigenvalue weighted by Gasteiger charge is 2.18. The minimum absolute atomic E-state index is 0.938. The van der Waals surface area contributed by atoms with E-state index in [2.05, 4.69) is 34.6 Å². The van der Waals surface area contributed by atoms with Crippen LogP contribution in [0.4, 0.5) is 0 Å². The predicted molar refractivity (Wildman–Crippen MR) is 80.4 cm³/mol. The van der Waals surface area contributed by atoms with Crippen LogP contribution in [0.2, 0.25) is 0 Å². The lowest BCUT2D eigenvalue weighted by Crippen LogP contribution is -2.15. The molecule has 0 aliphatic carbocycles. The lowest BCUT2D eigenvalue weighted by atomic mass is 9.79. The zero-order valence-corrected chi connectivity index (χ0v) is 13.1. The maximum atomic E-state index is 2.50. The molecule has 0 saturated carbocycles. The van der Waals surface area contributed by atoms with Crippen molar-refractivity contribution < 1.29 is 0 Å². The summed E-state index contributed by atoms with van der Waals surface area (Å²) in [5.41, 5.74) is 0. The first-order chi connectivity index (χ1) is 8.19. The minimum Gasteiger partial charge on any atom is -0.0654 e. The lowest BCUT2D eigenvalue weighted by molar-refractivity contribution is 0.247. The first-order valence-electron chi connectivity index (χ1n) is 8.19. The van der Waals surface area contributed by atoms with Gasteiger partial charge >= 0.3 is 0 Å². The summed E-state index contributed by atoms with van der Waals surface area (Å²) in [7, 11) is 0. The Morgan fingerprint density at radius 3 is 1.88 bits per heavy atom. The van der Waals surface area contributed by atoms with Gasteiger partial charge in [0.05, 0.1) is 0 Å². The Morgan fingerprint density at radius 2 is 1.41 bits per heavy atom. The van der Waals surface area contributed by atoms with Gasteiger partial charge in [0.2, 0.25) is 0 Å². The van der Waals surface area contributed by atoms with Gasteiger partial charge < -0.3 is 0 Å². The molecule has 0 spiro atoms. The Kier molecular flexibility index (Phi) is 11.1. The van der Waals surface area contributed by atoms with Gasteiger partial charge in [0.1, 0.15) is 0 Å². The minimum atomic E-state index is 0.938. The fourth-order valence-electron chi connectivity index (χ4n) is 3.26. The molecule has 0 aromatic carbocycles. The Hall–Kier alpha value is 0. The molecule has 0 aliphatic rings. The van der Waals surface area contributed by atoms with Crippen molar-refractivity contribution in [2.45, 2.75) is 92.4 Å². The van der Waals surface area contributed by atoms with Crippen molar-refractivity contribution in [2.75, 3.05) is 0 Å². The maximum absolute atomic E-state index is 2.50. The molecule has 0 aliphatic heterocycles. The molecular formula is C17H36. The van der Waals surface area contributed by atoms with Crippen LogP contribution in [0.3, 0.4) is 0 Å². The van der Waals surface area contributed by atoms with E-state index in [0.717, 1.165) is 17.8 Å². The van der Waals surface area contributed by atoms with Gasteiger partial charge in [-0.3, -0.25) is 0 Å². The highest BCUT2D eigenvalue weighted by molar-refractivity contribution is 4.70. The normalized spacial score (nSPS) is 16.8. The molecule has 0 bridgehead atoms. The monoisotopic (exact) mass is 240 g/mol. The molecule has 3 unspecified atom stereocenters. The zero-order valence-electron chi connectivity index (χ0n) is 13.1. The number of hydrogen-bond acceptors (Lipinski definition) is 0. The summed E-state index contributed by atoms with van der Waals surface area (Å²) in [5.74, 6) is 2.91. The second-order valence-electron chi connectivity index (χ2n) is 5.97. The Morgan fingerprint density at radius 1 is 0.765 bits per heavy atom. The third kappa shape index (κ3) is 7.84. The first-order valence-corrected chi connectivity index (χ1v) is 8.19. The molecular weight excluding hydrogens is 204 g/mol. The summed E-state index contributed by atoms with van der Waals surface area (Å²) < 4.78 is 0. The Balaban J connectivity index is 4.10. The SMILES string of the molecule is CCCCC(CCC)CC(C)C(CC)CCC. The topological polar surface area (TPSA) is 0 Å². The van der Waals surface area contributed by atoms with Gasteiger partial charge in [-0.05, 0) is 24.2 Å². The summed E-state index contributed by atoms with van der Waals surface area (Å²) in [4.78, 5) is 0. The molecule has 104 valence electrons. The average Bonchev–Trinajstić information content (AvgIpc) is 2.33. The van der Waals surface area contributed by atoms with Crippen molar-refractivity contribution in [3.05, 3.63) is 0 Å². The van der Waals surface area contributed by atoms with Gasteiger partial charge in [-0.1, -0.05) is 86.0 Å². The van der Waals surface area contributed by atoms with Gasteiger partial charge in [-0.15, -0.1) is 0 Å². The first kappa shape index (κ1) is 17.0. The highest BCUT2D eigenvalue weighted by Crippen LogP contribution is 2.30. The maximum Gasteiger partial charge on any atom is -0.0391 e. The van der Waals surface area contributed by atoms with Crippen LogP contribution < -0.4 is 0 Å². The van der Waals surface area contributed by atoms with Crippen molar-refractivity contribution >= 4 is 0 Å². The molecule has 0 heterocycles. The van der Waals surface area contributed by atoms with E-state index in [4.69, 9.17) is 0 Å². The standard InChI is InChI=1S/C17H36/c1-6-10-13-16(11-7-2)14-15(5)17(9-4)12-8-3/h15-17H,6-14H2,1-5H3. The highest BCUT2D eigenvalue weighted by atomic mass is 14.2. The van der Waals surface area contributed by atoms with E-state index in [9.17, 15) is 0 Å². The van der Waals surface area contributed by atoms with E-state index >= 15 is 0 Å². The van der Waals surface area contributed by atoms with E-state index in [1.807, 2.05) is 0 Å². The summed E-state index contributed by atoms with van der Waals surface area (Å²) in [6.45, 7) is 11.9. The molecule has 3 atom stereocenters. The predicted octanol–water partition coefficient (Wildman–Crippen LogP) is 6.45. The van der Waals surface area contributed by atoms with E-state index in [1.54, 1.807) is 0 Å². The third-order valence-electron chi connectivity index (χ3n) is 4.36. The molecule has 0 radical (unpaired) electrons. The van der Waals surface area contributed by atoms with Crippen molar-refractivity contribution in [2.24, 2.45) is 17.8 Å². The van der Waals surface area contributed by atoms with Crippen LogP contribution >= 0.6 is 0 Å². The van der Waals surface area contributed by atoms with E-state index in [1.165, 1.54) is 57.8 Å². The van der Waals surface area contributed by atoms with Crippen LogP contribution in [0.1, 0.15) is 92.4 Å². The summed E-state index contributed by atoms with van der Waals surface area (Å²) in [5, 5.41) is 0. The lowest BCUT2D eigenvalue weighted by Gasteiger charge is -2.27. The third-order valence-corrected chi connectivity index (χ3v) is 4.36. The summed E-state index contributed by atoms with van der Waals surface area (Å²) >= 11 is 0. The van der Waals surface area contributed by atoms with Crippen LogP contribution in [0, 0.1) is 17.8 Å². The number of rotatable bonds is 11. The van der Waals surface area contributed by atoms with Gasteiger partial charge in [0.25, 0.3) is 0 Å². The Bertz CT molecular complexity index is 150. The van der Waals surface area contributed by atoms with E-state index in [0.29, 0.717) is 0 Å². The number of hydrogen-bond donors (Lipinski definition) is 0. The van der Waals surface area contributed by atoms with Crippen LogP contribution in [-0.4, -0.2) is 0 Å². The molecule has 0 nitrogen and oxygen atoms in total. The molecule has 0 aromatic heterocycles. The van der Waals surface area contributed by atoms with Crippen molar-refractivity contribution in [3.8, 4) is 0 Å². The molecule has 0 N–H and O–H groups in total. The van der Waals surface area contributed by atoms with Gasteiger partial charge in [-0.2, -0.15) is 0 Å². The second kappa shape index (κ2) is 11.1. The molecule has 0 saturated heterocycles. The molecule has 0 rings (SSSR count). The zero-order chi connectivity index (χ0) is 13.1.